The lowest BCUT2D eigenvalue weighted by molar-refractivity contribution is 0.0750. The molecule has 6 heteroatoms. The molecule has 1 aromatic heterocycles. The molecule has 3 rings (SSSR count). The molecule has 1 aromatic rings. The van der Waals surface area contributed by atoms with Gasteiger partial charge in [0.25, 0.3) is 0 Å². The first-order chi connectivity index (χ1) is 12.1. The van der Waals surface area contributed by atoms with E-state index in [1.54, 1.807) is 0 Å². The normalized spacial score (nSPS) is 20.6. The topological polar surface area (TPSA) is 51.7 Å². The Hall–Kier alpha value is -1.66. The molecular formula is C19H31N5O. The molecule has 2 fully saturated rings. The van der Waals surface area contributed by atoms with Gasteiger partial charge in [0.15, 0.2) is 0 Å². The standard InChI is InChI=1S/C19H31N5O/c1-16-4-3-5-17(21-16)6-9-20-19(25)24-14-12-23(13-15-24)18-7-10-22(2)11-8-18/h3-5,18H,6-15H2,1-2H3,(H,20,25). The van der Waals surface area contributed by atoms with Crippen molar-refractivity contribution in [2.75, 3.05) is 52.9 Å². The molecule has 0 atom stereocenters. The summed E-state index contributed by atoms with van der Waals surface area (Å²) < 4.78 is 0. The van der Waals surface area contributed by atoms with Crippen molar-refractivity contribution in [3.8, 4) is 0 Å². The van der Waals surface area contributed by atoms with Crippen molar-refractivity contribution in [3.63, 3.8) is 0 Å². The first-order valence-corrected chi connectivity index (χ1v) is 9.50. The molecule has 1 N–H and O–H groups in total. The summed E-state index contributed by atoms with van der Waals surface area (Å²) in [5.74, 6) is 0. The minimum atomic E-state index is 0.0654. The molecule has 3 heterocycles. The number of pyridine rings is 1. The molecule has 0 radical (unpaired) electrons. The minimum Gasteiger partial charge on any atom is -0.338 e. The van der Waals surface area contributed by atoms with E-state index >= 15 is 0 Å². The lowest BCUT2D eigenvalue weighted by atomic mass is 10.0. The Labute approximate surface area is 151 Å². The molecule has 2 amide bonds. The van der Waals surface area contributed by atoms with Crippen LogP contribution in [0.5, 0.6) is 0 Å². The van der Waals surface area contributed by atoms with Crippen LogP contribution in [-0.2, 0) is 6.42 Å². The number of nitrogens with one attached hydrogen (secondary N) is 1. The molecule has 0 aliphatic carbocycles. The van der Waals surface area contributed by atoms with Crippen molar-refractivity contribution >= 4 is 6.03 Å². The molecule has 6 nitrogen and oxygen atoms in total. The third kappa shape index (κ3) is 5.16. The molecular weight excluding hydrogens is 314 g/mol. The van der Waals surface area contributed by atoms with E-state index in [0.717, 1.165) is 44.0 Å². The van der Waals surface area contributed by atoms with E-state index < -0.39 is 0 Å². The Kier molecular flexibility index (Phi) is 6.26. The zero-order valence-corrected chi connectivity index (χ0v) is 15.6. The second kappa shape index (κ2) is 8.63. The van der Waals surface area contributed by atoms with Gasteiger partial charge in [-0.2, -0.15) is 0 Å². The number of likely N-dealkylation sites (tertiary alicyclic amines) is 1. The zero-order valence-electron chi connectivity index (χ0n) is 15.6. The second-order valence-electron chi connectivity index (χ2n) is 7.31. The third-order valence-corrected chi connectivity index (χ3v) is 5.41. The predicted molar refractivity (Wildman–Crippen MR) is 99.7 cm³/mol. The highest BCUT2D eigenvalue weighted by atomic mass is 16.2. The number of aromatic nitrogens is 1. The molecule has 2 aliphatic rings. The summed E-state index contributed by atoms with van der Waals surface area (Å²) in [6, 6.07) is 6.79. The van der Waals surface area contributed by atoms with Gasteiger partial charge in [0.2, 0.25) is 0 Å². The number of aryl methyl sites for hydroxylation is 1. The smallest absolute Gasteiger partial charge is 0.317 e. The van der Waals surface area contributed by atoms with Crippen LogP contribution in [0, 0.1) is 6.92 Å². The molecule has 0 unspecified atom stereocenters. The Morgan fingerprint density at radius 2 is 1.88 bits per heavy atom. The van der Waals surface area contributed by atoms with Gasteiger partial charge in [0.1, 0.15) is 0 Å². The summed E-state index contributed by atoms with van der Waals surface area (Å²) in [4.78, 5) is 23.8. The van der Waals surface area contributed by atoms with Crippen molar-refractivity contribution in [3.05, 3.63) is 29.6 Å². The molecule has 0 spiro atoms. The average Bonchev–Trinajstić information content (AvgIpc) is 2.62. The monoisotopic (exact) mass is 345 g/mol. The number of piperazine rings is 1. The fourth-order valence-electron chi connectivity index (χ4n) is 3.80. The van der Waals surface area contributed by atoms with Crippen LogP contribution >= 0.6 is 0 Å². The molecule has 0 bridgehead atoms. The van der Waals surface area contributed by atoms with Gasteiger partial charge in [-0.1, -0.05) is 6.07 Å². The fraction of sp³-hybridized carbons (Fsp3) is 0.684. The summed E-state index contributed by atoms with van der Waals surface area (Å²) in [5, 5.41) is 3.04. The van der Waals surface area contributed by atoms with Gasteiger partial charge in [-0.05, 0) is 52.0 Å². The lowest BCUT2D eigenvalue weighted by Crippen LogP contribution is -2.55. The van der Waals surface area contributed by atoms with Crippen LogP contribution in [0.2, 0.25) is 0 Å². The minimum absolute atomic E-state index is 0.0654. The van der Waals surface area contributed by atoms with Crippen molar-refractivity contribution in [1.29, 1.82) is 0 Å². The van der Waals surface area contributed by atoms with Gasteiger partial charge in [0, 0.05) is 56.6 Å². The van der Waals surface area contributed by atoms with E-state index in [1.807, 2.05) is 30.0 Å². The highest BCUT2D eigenvalue weighted by molar-refractivity contribution is 5.74. The van der Waals surface area contributed by atoms with Crippen LogP contribution < -0.4 is 5.32 Å². The molecule has 2 aliphatic heterocycles. The van der Waals surface area contributed by atoms with Crippen molar-refractivity contribution in [2.24, 2.45) is 0 Å². The lowest BCUT2D eigenvalue weighted by Gasteiger charge is -2.42. The quantitative estimate of drug-likeness (QED) is 0.895. The second-order valence-corrected chi connectivity index (χ2v) is 7.31. The van der Waals surface area contributed by atoms with E-state index in [0.29, 0.717) is 12.6 Å². The van der Waals surface area contributed by atoms with Gasteiger partial charge in [0.05, 0.1) is 0 Å². The van der Waals surface area contributed by atoms with Gasteiger partial charge < -0.3 is 15.1 Å². The Balaban J connectivity index is 1.36. The number of piperidine rings is 1. The number of hydrogen-bond donors (Lipinski definition) is 1. The molecule has 2 saturated heterocycles. The van der Waals surface area contributed by atoms with Gasteiger partial charge in [-0.3, -0.25) is 9.88 Å². The Bertz CT molecular complexity index is 563. The van der Waals surface area contributed by atoms with Gasteiger partial charge in [-0.25, -0.2) is 4.79 Å². The Morgan fingerprint density at radius 3 is 2.56 bits per heavy atom. The summed E-state index contributed by atoms with van der Waals surface area (Å²) in [6.07, 6.45) is 3.29. The van der Waals surface area contributed by atoms with E-state index in [1.165, 1.54) is 25.9 Å². The maximum Gasteiger partial charge on any atom is 0.317 e. The van der Waals surface area contributed by atoms with Crippen molar-refractivity contribution in [1.82, 2.24) is 25.0 Å². The SMILES string of the molecule is Cc1cccc(CCNC(=O)N2CCN(C3CCN(C)CC3)CC2)n1. The highest BCUT2D eigenvalue weighted by Gasteiger charge is 2.27. The highest BCUT2D eigenvalue weighted by Crippen LogP contribution is 2.17. The molecule has 25 heavy (non-hydrogen) atoms. The van der Waals surface area contributed by atoms with E-state index in [2.05, 4.69) is 27.1 Å². The maximum atomic E-state index is 12.4. The van der Waals surface area contributed by atoms with Gasteiger partial charge in [-0.15, -0.1) is 0 Å². The number of carbonyl (C=O) groups excluding carboxylic acids is 1. The van der Waals surface area contributed by atoms with Crippen molar-refractivity contribution < 1.29 is 4.79 Å². The van der Waals surface area contributed by atoms with Crippen molar-refractivity contribution in [2.45, 2.75) is 32.2 Å². The number of rotatable bonds is 4. The van der Waals surface area contributed by atoms with Crippen LogP contribution in [0.3, 0.4) is 0 Å². The molecule has 138 valence electrons. The van der Waals surface area contributed by atoms with Crippen LogP contribution in [0.4, 0.5) is 4.79 Å². The number of nitrogens with zero attached hydrogens (tertiary/aromatic N) is 4. The zero-order chi connectivity index (χ0) is 17.6. The maximum absolute atomic E-state index is 12.4. The number of amides is 2. The van der Waals surface area contributed by atoms with Crippen LogP contribution in [0.25, 0.3) is 0 Å². The largest absolute Gasteiger partial charge is 0.338 e. The van der Waals surface area contributed by atoms with Crippen LogP contribution in [0.15, 0.2) is 18.2 Å². The third-order valence-electron chi connectivity index (χ3n) is 5.41. The fourth-order valence-corrected chi connectivity index (χ4v) is 3.80. The first kappa shape index (κ1) is 18.1. The van der Waals surface area contributed by atoms with Crippen LogP contribution in [-0.4, -0.2) is 84.6 Å². The summed E-state index contributed by atoms with van der Waals surface area (Å²) in [5.41, 5.74) is 2.06. The Morgan fingerprint density at radius 1 is 1.16 bits per heavy atom. The number of urea groups is 1. The molecule has 0 aromatic carbocycles. The number of hydrogen-bond acceptors (Lipinski definition) is 4. The average molecular weight is 345 g/mol. The van der Waals surface area contributed by atoms with Gasteiger partial charge >= 0.3 is 6.03 Å². The summed E-state index contributed by atoms with van der Waals surface area (Å²) in [6.45, 7) is 8.69. The summed E-state index contributed by atoms with van der Waals surface area (Å²) in [7, 11) is 2.20. The van der Waals surface area contributed by atoms with Crippen LogP contribution in [0.1, 0.15) is 24.2 Å². The van der Waals surface area contributed by atoms with E-state index in [-0.39, 0.29) is 6.03 Å². The summed E-state index contributed by atoms with van der Waals surface area (Å²) >= 11 is 0. The first-order valence-electron chi connectivity index (χ1n) is 9.50. The van der Waals surface area contributed by atoms with E-state index in [9.17, 15) is 4.79 Å². The number of carbonyl (C=O) groups is 1. The predicted octanol–water partition coefficient (Wildman–Crippen LogP) is 1.35. The van der Waals surface area contributed by atoms with E-state index in [4.69, 9.17) is 0 Å². The molecule has 0 saturated carbocycles.